The monoisotopic (exact) mass is 278 g/mol. The minimum Gasteiger partial charge on any atom is -0.508 e. The summed E-state index contributed by atoms with van der Waals surface area (Å²) in [7, 11) is 0. The summed E-state index contributed by atoms with van der Waals surface area (Å²) in [6.45, 7) is 2.24. The van der Waals surface area contributed by atoms with Crippen molar-refractivity contribution in [3.05, 3.63) is 65.2 Å². The van der Waals surface area contributed by atoms with E-state index >= 15 is 0 Å². The quantitative estimate of drug-likeness (QED) is 0.792. The minimum absolute atomic E-state index is 0.382. The normalized spacial score (nSPS) is 14.7. The molecule has 0 aliphatic heterocycles. The number of hydrogen-bond acceptors (Lipinski definition) is 1. The molecule has 108 valence electrons. The summed E-state index contributed by atoms with van der Waals surface area (Å²) >= 11 is 0. The summed E-state index contributed by atoms with van der Waals surface area (Å²) in [6, 6.07) is 16.6. The van der Waals surface area contributed by atoms with Gasteiger partial charge in [0.2, 0.25) is 0 Å². The topological polar surface area (TPSA) is 20.2 Å². The third-order valence-corrected chi connectivity index (χ3v) is 4.27. The number of aromatic hydroxyl groups is 1. The van der Waals surface area contributed by atoms with Gasteiger partial charge in [-0.2, -0.15) is 0 Å². The molecule has 0 saturated heterocycles. The molecule has 0 heterocycles. The van der Waals surface area contributed by atoms with Crippen LogP contribution in [0.25, 0.3) is 11.1 Å². The second-order valence-electron chi connectivity index (χ2n) is 5.77. The lowest BCUT2D eigenvalue weighted by Crippen LogP contribution is -1.93. The SMILES string of the molecule is CCCC1=C(c2ccccc2)CCCc2cc(O)ccc21. The number of fused-ring (bicyclic) bond motifs is 1. The molecule has 2 aromatic carbocycles. The van der Waals surface area contributed by atoms with Crippen molar-refractivity contribution < 1.29 is 5.11 Å². The van der Waals surface area contributed by atoms with Crippen molar-refractivity contribution in [1.29, 1.82) is 0 Å². The summed E-state index contributed by atoms with van der Waals surface area (Å²) in [5, 5.41) is 9.76. The Balaban J connectivity index is 2.18. The molecular formula is C20H22O. The maximum Gasteiger partial charge on any atom is 0.115 e. The Morgan fingerprint density at radius 1 is 1.00 bits per heavy atom. The number of hydrogen-bond donors (Lipinski definition) is 1. The lowest BCUT2D eigenvalue weighted by molar-refractivity contribution is 0.474. The maximum absolute atomic E-state index is 9.76. The van der Waals surface area contributed by atoms with Gasteiger partial charge in [0.25, 0.3) is 0 Å². The smallest absolute Gasteiger partial charge is 0.115 e. The number of rotatable bonds is 3. The van der Waals surface area contributed by atoms with Crippen LogP contribution >= 0.6 is 0 Å². The fourth-order valence-corrected chi connectivity index (χ4v) is 3.34. The number of benzene rings is 2. The molecule has 21 heavy (non-hydrogen) atoms. The standard InChI is InChI=1S/C20H22O/c1-2-7-20-18(15-8-4-3-5-9-15)11-6-10-16-14-17(21)12-13-19(16)20/h3-5,8-9,12-14,21H,2,6-7,10-11H2,1H3. The average Bonchev–Trinajstić information content (AvgIpc) is 2.68. The van der Waals surface area contributed by atoms with Crippen molar-refractivity contribution in [3.63, 3.8) is 0 Å². The Kier molecular flexibility index (Phi) is 4.10. The highest BCUT2D eigenvalue weighted by molar-refractivity contribution is 5.92. The van der Waals surface area contributed by atoms with Crippen LogP contribution in [0, 0.1) is 0 Å². The molecule has 0 aromatic heterocycles. The van der Waals surface area contributed by atoms with E-state index in [-0.39, 0.29) is 0 Å². The summed E-state index contributed by atoms with van der Waals surface area (Å²) in [5.74, 6) is 0.382. The molecule has 3 rings (SSSR count). The van der Waals surface area contributed by atoms with Crippen molar-refractivity contribution in [3.8, 4) is 5.75 Å². The second kappa shape index (κ2) is 6.17. The zero-order chi connectivity index (χ0) is 14.7. The van der Waals surface area contributed by atoms with E-state index in [1.165, 1.54) is 27.8 Å². The lowest BCUT2D eigenvalue weighted by Gasteiger charge is -2.15. The molecule has 0 amide bonds. The van der Waals surface area contributed by atoms with Crippen LogP contribution in [0.4, 0.5) is 0 Å². The molecule has 1 N–H and O–H groups in total. The fourth-order valence-electron chi connectivity index (χ4n) is 3.34. The summed E-state index contributed by atoms with van der Waals surface area (Å²) in [6.07, 6.45) is 5.56. The number of allylic oxidation sites excluding steroid dienone is 2. The first kappa shape index (κ1) is 13.9. The van der Waals surface area contributed by atoms with Crippen LogP contribution in [-0.4, -0.2) is 5.11 Å². The Hall–Kier alpha value is -2.02. The zero-order valence-electron chi connectivity index (χ0n) is 12.6. The van der Waals surface area contributed by atoms with Gasteiger partial charge < -0.3 is 5.11 Å². The highest BCUT2D eigenvalue weighted by Crippen LogP contribution is 2.39. The predicted molar refractivity (Wildman–Crippen MR) is 89.2 cm³/mol. The third-order valence-electron chi connectivity index (χ3n) is 4.27. The molecule has 0 spiro atoms. The van der Waals surface area contributed by atoms with Gasteiger partial charge in [-0.1, -0.05) is 49.7 Å². The molecule has 1 nitrogen and oxygen atoms in total. The molecule has 0 fully saturated rings. The maximum atomic E-state index is 9.76. The molecule has 1 aliphatic carbocycles. The van der Waals surface area contributed by atoms with E-state index in [1.807, 2.05) is 12.1 Å². The van der Waals surface area contributed by atoms with Gasteiger partial charge in [0.05, 0.1) is 0 Å². The van der Waals surface area contributed by atoms with Gasteiger partial charge in [-0.3, -0.25) is 0 Å². The van der Waals surface area contributed by atoms with Crippen molar-refractivity contribution >= 4 is 11.1 Å². The Labute approximate surface area is 127 Å². The first-order valence-corrected chi connectivity index (χ1v) is 7.89. The summed E-state index contributed by atoms with van der Waals surface area (Å²) < 4.78 is 0. The highest BCUT2D eigenvalue weighted by Gasteiger charge is 2.18. The Morgan fingerprint density at radius 3 is 2.57 bits per heavy atom. The molecule has 1 heteroatoms. The predicted octanol–water partition coefficient (Wildman–Crippen LogP) is 5.44. The molecule has 0 atom stereocenters. The van der Waals surface area contributed by atoms with Crippen LogP contribution < -0.4 is 0 Å². The number of phenols is 1. The van der Waals surface area contributed by atoms with E-state index in [0.717, 1.165) is 32.1 Å². The first-order valence-electron chi connectivity index (χ1n) is 7.89. The van der Waals surface area contributed by atoms with Gasteiger partial charge >= 0.3 is 0 Å². The molecule has 2 aromatic rings. The lowest BCUT2D eigenvalue weighted by atomic mass is 9.90. The summed E-state index contributed by atoms with van der Waals surface area (Å²) in [5.41, 5.74) is 6.94. The molecule has 1 aliphatic rings. The molecule has 0 saturated carbocycles. The largest absolute Gasteiger partial charge is 0.508 e. The van der Waals surface area contributed by atoms with Gasteiger partial charge in [-0.25, -0.2) is 0 Å². The van der Waals surface area contributed by atoms with E-state index in [0.29, 0.717) is 5.75 Å². The van der Waals surface area contributed by atoms with Crippen LogP contribution in [0.15, 0.2) is 48.5 Å². The molecule has 0 bridgehead atoms. The molecule has 0 radical (unpaired) electrons. The van der Waals surface area contributed by atoms with Crippen molar-refractivity contribution in [2.24, 2.45) is 0 Å². The second-order valence-corrected chi connectivity index (χ2v) is 5.77. The van der Waals surface area contributed by atoms with E-state index in [9.17, 15) is 5.11 Å². The van der Waals surface area contributed by atoms with Crippen LogP contribution in [0.1, 0.15) is 49.3 Å². The molecule has 0 unspecified atom stereocenters. The van der Waals surface area contributed by atoms with Crippen LogP contribution in [0.3, 0.4) is 0 Å². The van der Waals surface area contributed by atoms with Crippen LogP contribution in [-0.2, 0) is 6.42 Å². The van der Waals surface area contributed by atoms with Crippen LogP contribution in [0.5, 0.6) is 5.75 Å². The highest BCUT2D eigenvalue weighted by atomic mass is 16.3. The van der Waals surface area contributed by atoms with Crippen molar-refractivity contribution in [2.45, 2.75) is 39.0 Å². The van der Waals surface area contributed by atoms with E-state index in [1.54, 1.807) is 0 Å². The van der Waals surface area contributed by atoms with E-state index in [4.69, 9.17) is 0 Å². The van der Waals surface area contributed by atoms with Gasteiger partial charge in [-0.15, -0.1) is 0 Å². The van der Waals surface area contributed by atoms with Crippen LogP contribution in [0.2, 0.25) is 0 Å². The zero-order valence-corrected chi connectivity index (χ0v) is 12.6. The van der Waals surface area contributed by atoms with E-state index < -0.39 is 0 Å². The van der Waals surface area contributed by atoms with Gasteiger partial charge in [0.1, 0.15) is 5.75 Å². The van der Waals surface area contributed by atoms with E-state index in [2.05, 4.69) is 43.3 Å². The third kappa shape index (κ3) is 2.87. The minimum atomic E-state index is 0.382. The number of phenolic OH excluding ortho intramolecular Hbond substituents is 1. The Bertz CT molecular complexity index is 653. The van der Waals surface area contributed by atoms with Crippen molar-refractivity contribution in [2.75, 3.05) is 0 Å². The van der Waals surface area contributed by atoms with Crippen molar-refractivity contribution in [1.82, 2.24) is 0 Å². The fraction of sp³-hybridized carbons (Fsp3) is 0.300. The van der Waals surface area contributed by atoms with Gasteiger partial charge in [-0.05, 0) is 65.7 Å². The number of aryl methyl sites for hydroxylation is 1. The average molecular weight is 278 g/mol. The summed E-state index contributed by atoms with van der Waals surface area (Å²) in [4.78, 5) is 0. The molecular weight excluding hydrogens is 256 g/mol. The first-order chi connectivity index (χ1) is 10.3. The van der Waals surface area contributed by atoms with Gasteiger partial charge in [0.15, 0.2) is 0 Å². The van der Waals surface area contributed by atoms with Gasteiger partial charge in [0, 0.05) is 0 Å². The Morgan fingerprint density at radius 2 is 1.81 bits per heavy atom.